The summed E-state index contributed by atoms with van der Waals surface area (Å²) in [6.45, 7) is 3.30. The van der Waals surface area contributed by atoms with Crippen LogP contribution in [0.25, 0.3) is 43.7 Å². The molecule has 19 nitrogen and oxygen atoms in total. The van der Waals surface area contributed by atoms with E-state index in [-0.39, 0.29) is 136 Å². The fourth-order valence-corrected chi connectivity index (χ4v) is 6.38. The van der Waals surface area contributed by atoms with Crippen LogP contribution in [0.1, 0.15) is 41.1 Å². The number of methoxy groups -OCH3 is 4. The summed E-state index contributed by atoms with van der Waals surface area (Å²) in [5.41, 5.74) is 3.49. The van der Waals surface area contributed by atoms with E-state index in [0.29, 0.717) is 95.3 Å². The number of benzene rings is 4. The quantitative estimate of drug-likeness (QED) is 0.0603. The molecule has 0 unspecified atom stereocenters. The van der Waals surface area contributed by atoms with Crippen molar-refractivity contribution in [1.29, 1.82) is 0 Å². The molecule has 8 aromatic rings. The maximum Gasteiger partial charge on any atom is 1.00 e. The molecule has 338 valence electrons. The first kappa shape index (κ1) is 57.5. The van der Waals surface area contributed by atoms with Crippen molar-refractivity contribution >= 4 is 73.6 Å². The third-order valence-electron chi connectivity index (χ3n) is 9.05. The van der Waals surface area contributed by atoms with Gasteiger partial charge < -0.3 is 59.8 Å². The number of halogens is 1. The van der Waals surface area contributed by atoms with E-state index in [1.54, 1.807) is 105 Å². The number of ether oxygens (including phenoxy) is 5. The van der Waals surface area contributed by atoms with Gasteiger partial charge in [-0.15, -0.1) is 0 Å². The molecule has 0 saturated heterocycles. The first-order chi connectivity index (χ1) is 30.4. The number of amides is 2. The second-order valence-corrected chi connectivity index (χ2v) is 13.0. The summed E-state index contributed by atoms with van der Waals surface area (Å²) in [5.74, 6) is 4.08. The molecule has 0 atom stereocenters. The molecule has 0 aliphatic carbocycles. The van der Waals surface area contributed by atoms with Crippen LogP contribution in [0.5, 0.6) is 40.4 Å². The maximum atomic E-state index is 12.1. The molecule has 4 heterocycles. The molecule has 22 heteroatoms. The smallest absolute Gasteiger partial charge is 1.00 e. The van der Waals surface area contributed by atoms with Crippen LogP contribution in [-0.2, 0) is 9.68 Å². The van der Waals surface area contributed by atoms with Crippen molar-refractivity contribution < 1.29 is 166 Å². The van der Waals surface area contributed by atoms with Gasteiger partial charge in [-0.05, 0) is 50.2 Å². The van der Waals surface area contributed by atoms with E-state index in [2.05, 4.69) is 35.5 Å². The summed E-state index contributed by atoms with van der Waals surface area (Å²) >= 11 is 5.93. The van der Waals surface area contributed by atoms with Gasteiger partial charge in [-0.1, -0.05) is 19.0 Å². The summed E-state index contributed by atoms with van der Waals surface area (Å²) in [6, 6.07) is 17.0. The molecule has 0 bridgehead atoms. The van der Waals surface area contributed by atoms with E-state index in [1.165, 1.54) is 24.8 Å². The molecular weight excluding hydrogens is 934 g/mol. The van der Waals surface area contributed by atoms with Crippen LogP contribution in [-0.4, -0.2) is 85.9 Å². The summed E-state index contributed by atoms with van der Waals surface area (Å²) in [7, 11) is 9.43. The van der Waals surface area contributed by atoms with Crippen molar-refractivity contribution in [3.05, 3.63) is 101 Å². The van der Waals surface area contributed by atoms with E-state index in [9.17, 15) is 14.7 Å². The zero-order valence-corrected chi connectivity index (χ0v) is 44.0. The van der Waals surface area contributed by atoms with E-state index in [1.807, 2.05) is 0 Å². The molecule has 8 rings (SSSR count). The van der Waals surface area contributed by atoms with Gasteiger partial charge in [-0.2, -0.15) is 0 Å². The van der Waals surface area contributed by atoms with E-state index < -0.39 is 0 Å². The second-order valence-electron chi connectivity index (χ2n) is 12.6. The average molecular weight is 980 g/mol. The van der Waals surface area contributed by atoms with Gasteiger partial charge in [0.2, 0.25) is 5.88 Å². The van der Waals surface area contributed by atoms with Crippen molar-refractivity contribution in [3.8, 4) is 40.4 Å². The maximum absolute atomic E-state index is 12.1. The normalized spacial score (nSPS) is 9.85. The van der Waals surface area contributed by atoms with Gasteiger partial charge in [-0.25, -0.2) is 19.9 Å². The Bertz CT molecular complexity index is 2940. The summed E-state index contributed by atoms with van der Waals surface area (Å²) in [4.78, 5) is 51.4. The number of carbonyl (C=O) groups is 3. The van der Waals surface area contributed by atoms with Crippen molar-refractivity contribution in [2.24, 2.45) is 0 Å². The minimum Gasteiger partial charge on any atom is -1.00 e. The predicted molar refractivity (Wildman–Crippen MR) is 236 cm³/mol. The Morgan fingerprint density at radius 1 is 0.682 bits per heavy atom. The molecule has 0 fully saturated rings. The molecule has 66 heavy (non-hydrogen) atoms. The number of nitrogens with one attached hydrogen (secondary N) is 2. The molecular formula is C44H45ClK2N6O13. The number of aromatic hydroxyl groups is 1. The second kappa shape index (κ2) is 27.3. The summed E-state index contributed by atoms with van der Waals surface area (Å²) in [6.07, 6.45) is 2.83. The fourth-order valence-electron chi connectivity index (χ4n) is 6.19. The topological polar surface area (TPSA) is 252 Å². The number of fused-ring (bicyclic) bond motifs is 4. The molecule has 4 aromatic carbocycles. The zero-order chi connectivity index (χ0) is 45.8. The molecule has 0 aliphatic rings. The Balaban J connectivity index is 0.000000504. The van der Waals surface area contributed by atoms with Crippen LogP contribution in [0.2, 0.25) is 5.15 Å². The Hall–Kier alpha value is -4.63. The molecule has 0 saturated carbocycles. The monoisotopic (exact) mass is 978 g/mol. The molecule has 3 N–H and O–H groups in total. The number of carbonyl (C=O) groups excluding carboxylic acids is 3. The number of hydrogen-bond acceptors (Lipinski definition) is 17. The first-order valence-corrected chi connectivity index (χ1v) is 18.7. The molecule has 0 aliphatic heterocycles. The standard InChI is InChI=1S/C21H19N3O5.C11H11NO3.C10H9ClN2O2.CH2O3.CH4.2K.H/c1-11-19(20(25)22-2)13-6-5-12(7-16(13)28-11)29-21-14-8-17(26-3)18(27-4)9-15(14)23-10-24-21;1-6-10(11(14)12-2)8-4-3-7(13)5-9(8)15-6;1-14-8-3-6-7(4-9(8)15-2)12-5-13-10(6)11;2-1-4-3;;;;/h5-10H,1-4H3,(H,22,25);3-5,13H,1-2H3,(H,12,14);3-5H,1-2H3;1,3H;1H4;;;/q;;;;;2*+1;-1/p-1. The van der Waals surface area contributed by atoms with Crippen LogP contribution < -0.4 is 142 Å². The number of furan rings is 2. The number of phenols is 1. The number of nitrogens with zero attached hydrogens (tertiary/aromatic N) is 4. The van der Waals surface area contributed by atoms with Crippen molar-refractivity contribution in [3.63, 3.8) is 0 Å². The number of aryl methyl sites for hydroxylation is 2. The predicted octanol–water partition coefficient (Wildman–Crippen LogP) is 1.15. The SMILES string of the molecule is C.CNC(=O)c1c(C)oc2cc(O)ccc12.CNC(=O)c1c(C)oc2cc(Oc3ncnc4cc(OC)c(OC)cc34)ccc12.COc1cc2ncnc(Cl)c2cc1OC.O=CO[O-].[H-].[K+].[K+]. The van der Waals surface area contributed by atoms with Crippen molar-refractivity contribution in [1.82, 2.24) is 30.6 Å². The number of phenolic OH excluding ortho intramolecular Hbond substituents is 1. The van der Waals surface area contributed by atoms with Crippen LogP contribution >= 0.6 is 11.6 Å². The minimum atomic E-state index is -0.197. The van der Waals surface area contributed by atoms with Crippen LogP contribution in [0.3, 0.4) is 0 Å². The zero-order valence-electron chi connectivity index (χ0n) is 38.0. The van der Waals surface area contributed by atoms with Gasteiger partial charge in [0.05, 0.1) is 56.0 Å². The summed E-state index contributed by atoms with van der Waals surface area (Å²) < 4.78 is 38.1. The van der Waals surface area contributed by atoms with Crippen LogP contribution in [0.4, 0.5) is 0 Å². The number of hydrogen-bond donors (Lipinski definition) is 3. The Morgan fingerprint density at radius 2 is 1.12 bits per heavy atom. The Kier molecular flexibility index (Phi) is 23.7. The van der Waals surface area contributed by atoms with Gasteiger partial charge >= 0.3 is 103 Å². The Labute approximate surface area is 470 Å². The van der Waals surface area contributed by atoms with Gasteiger partial charge in [-0.3, -0.25) is 14.4 Å². The van der Waals surface area contributed by atoms with E-state index in [4.69, 9.17) is 54.2 Å². The molecule has 4 aromatic heterocycles. The van der Waals surface area contributed by atoms with Crippen molar-refractivity contribution in [2.75, 3.05) is 42.5 Å². The van der Waals surface area contributed by atoms with E-state index >= 15 is 0 Å². The van der Waals surface area contributed by atoms with Gasteiger partial charge in [0, 0.05) is 54.5 Å². The van der Waals surface area contributed by atoms with Gasteiger partial charge in [0.15, 0.2) is 23.0 Å². The first-order valence-electron chi connectivity index (χ1n) is 18.3. The molecule has 2 amide bonds. The summed E-state index contributed by atoms with van der Waals surface area (Å²) in [5, 5.41) is 26.1. The Morgan fingerprint density at radius 3 is 1.61 bits per heavy atom. The fraction of sp³-hybridized carbons (Fsp3) is 0.205. The average Bonchev–Trinajstić information content (AvgIpc) is 3.81. The number of rotatable bonds is 9. The van der Waals surface area contributed by atoms with Crippen LogP contribution in [0.15, 0.2) is 82.2 Å². The third-order valence-corrected chi connectivity index (χ3v) is 9.35. The largest absolute Gasteiger partial charge is 1.00 e. The molecule has 0 radical (unpaired) electrons. The number of aromatic nitrogens is 4. The third kappa shape index (κ3) is 13.5. The van der Waals surface area contributed by atoms with E-state index in [0.717, 1.165) is 10.9 Å². The van der Waals surface area contributed by atoms with Gasteiger partial charge in [0.25, 0.3) is 18.3 Å². The van der Waals surface area contributed by atoms with Gasteiger partial charge in [0.1, 0.15) is 52.0 Å². The van der Waals surface area contributed by atoms with Crippen LogP contribution in [0, 0.1) is 13.8 Å². The minimum absolute atomic E-state index is 0. The van der Waals surface area contributed by atoms with Crippen molar-refractivity contribution in [2.45, 2.75) is 21.3 Å². The molecule has 0 spiro atoms.